The van der Waals surface area contributed by atoms with Gasteiger partial charge in [-0.05, 0) is 67.3 Å². The van der Waals surface area contributed by atoms with Crippen LogP contribution in [0.15, 0.2) is 42.5 Å². The third-order valence-electron chi connectivity index (χ3n) is 4.93. The molecule has 0 unspecified atom stereocenters. The molecule has 0 saturated heterocycles. The van der Waals surface area contributed by atoms with Crippen molar-refractivity contribution in [1.82, 2.24) is 0 Å². The zero-order valence-electron chi connectivity index (χ0n) is 17.2. The molecule has 0 aromatic heterocycles. The SMILES string of the molecule is CCCCOC(=O)c1ccc(NC(=O)c2ccc3c(c2)CCCN3S(C)(=O)=O)cc1. The molecule has 0 fully saturated rings. The molecule has 0 atom stereocenters. The van der Waals surface area contributed by atoms with Gasteiger partial charge in [-0.15, -0.1) is 0 Å². The fourth-order valence-corrected chi connectivity index (χ4v) is 4.33. The number of rotatable bonds is 7. The van der Waals surface area contributed by atoms with E-state index in [0.717, 1.165) is 24.8 Å². The zero-order chi connectivity index (χ0) is 21.7. The second-order valence-corrected chi connectivity index (χ2v) is 9.21. The van der Waals surface area contributed by atoms with Crippen LogP contribution in [0.1, 0.15) is 52.5 Å². The van der Waals surface area contributed by atoms with Gasteiger partial charge in [-0.1, -0.05) is 13.3 Å². The van der Waals surface area contributed by atoms with Crippen molar-refractivity contribution >= 4 is 33.3 Å². The van der Waals surface area contributed by atoms with Crippen molar-refractivity contribution in [1.29, 1.82) is 0 Å². The number of carbonyl (C=O) groups excluding carboxylic acids is 2. The Balaban J connectivity index is 1.68. The van der Waals surface area contributed by atoms with Crippen LogP contribution in [0.5, 0.6) is 0 Å². The first-order chi connectivity index (χ1) is 14.3. The Morgan fingerprint density at radius 2 is 1.80 bits per heavy atom. The number of amides is 1. The van der Waals surface area contributed by atoms with Crippen molar-refractivity contribution in [2.24, 2.45) is 0 Å². The molecule has 2 aromatic carbocycles. The predicted octanol–water partition coefficient (Wildman–Crippen LogP) is 3.61. The van der Waals surface area contributed by atoms with Gasteiger partial charge in [0.15, 0.2) is 0 Å². The van der Waals surface area contributed by atoms with Gasteiger partial charge in [0.25, 0.3) is 5.91 Å². The van der Waals surface area contributed by atoms with Crippen LogP contribution in [0.25, 0.3) is 0 Å². The fraction of sp³-hybridized carbons (Fsp3) is 0.364. The quantitative estimate of drug-likeness (QED) is 0.535. The predicted molar refractivity (Wildman–Crippen MR) is 117 cm³/mol. The Labute approximate surface area is 177 Å². The molecule has 8 heteroatoms. The highest BCUT2D eigenvalue weighted by atomic mass is 32.2. The Morgan fingerprint density at radius 3 is 2.47 bits per heavy atom. The lowest BCUT2D eigenvalue weighted by atomic mass is 10.0. The lowest BCUT2D eigenvalue weighted by molar-refractivity contribution is 0.0499. The van der Waals surface area contributed by atoms with E-state index in [1.165, 1.54) is 10.6 Å². The summed E-state index contributed by atoms with van der Waals surface area (Å²) in [6, 6.07) is 11.6. The number of nitrogens with zero attached hydrogens (tertiary/aromatic N) is 1. The highest BCUT2D eigenvalue weighted by Gasteiger charge is 2.24. The molecule has 0 aliphatic carbocycles. The van der Waals surface area contributed by atoms with Crippen LogP contribution in [0.2, 0.25) is 0 Å². The first-order valence-electron chi connectivity index (χ1n) is 9.99. The number of benzene rings is 2. The van der Waals surface area contributed by atoms with Crippen LogP contribution in [-0.2, 0) is 21.2 Å². The normalized spacial score (nSPS) is 13.5. The van der Waals surface area contributed by atoms with Crippen molar-refractivity contribution in [3.8, 4) is 0 Å². The second-order valence-electron chi connectivity index (χ2n) is 7.30. The lowest BCUT2D eigenvalue weighted by Gasteiger charge is -2.29. The van der Waals surface area contributed by atoms with Crippen LogP contribution < -0.4 is 9.62 Å². The standard InChI is InChI=1S/C22H26N2O5S/c1-3-4-14-29-22(26)16-7-10-19(11-8-16)23-21(25)18-9-12-20-17(15-18)6-5-13-24(20)30(2,27)28/h7-12,15H,3-6,13-14H2,1-2H3,(H,23,25). The molecule has 1 aliphatic rings. The van der Waals surface area contributed by atoms with E-state index in [1.807, 2.05) is 6.92 Å². The fourth-order valence-electron chi connectivity index (χ4n) is 3.33. The molecule has 0 saturated carbocycles. The van der Waals surface area contributed by atoms with Gasteiger partial charge >= 0.3 is 5.97 Å². The number of ether oxygens (including phenoxy) is 1. The third-order valence-corrected chi connectivity index (χ3v) is 6.11. The molecule has 1 aliphatic heterocycles. The van der Waals surface area contributed by atoms with E-state index in [9.17, 15) is 18.0 Å². The van der Waals surface area contributed by atoms with E-state index in [2.05, 4.69) is 5.32 Å². The van der Waals surface area contributed by atoms with Gasteiger partial charge in [-0.3, -0.25) is 9.10 Å². The molecule has 1 heterocycles. The summed E-state index contributed by atoms with van der Waals surface area (Å²) in [4.78, 5) is 24.6. The number of fused-ring (bicyclic) bond motifs is 1. The van der Waals surface area contributed by atoms with Crippen molar-refractivity contribution in [3.63, 3.8) is 0 Å². The molecular formula is C22H26N2O5S. The number of carbonyl (C=O) groups is 2. The van der Waals surface area contributed by atoms with Gasteiger partial charge in [0, 0.05) is 17.8 Å². The minimum Gasteiger partial charge on any atom is -0.462 e. The highest BCUT2D eigenvalue weighted by molar-refractivity contribution is 7.92. The molecule has 160 valence electrons. The van der Waals surface area contributed by atoms with E-state index in [-0.39, 0.29) is 11.9 Å². The molecule has 1 N–H and O–H groups in total. The number of hydrogen-bond acceptors (Lipinski definition) is 5. The first kappa shape index (κ1) is 21.8. The van der Waals surface area contributed by atoms with E-state index in [4.69, 9.17) is 4.74 Å². The Morgan fingerprint density at radius 1 is 1.10 bits per heavy atom. The Kier molecular flexibility index (Phi) is 6.77. The number of nitrogens with one attached hydrogen (secondary N) is 1. The van der Waals surface area contributed by atoms with Gasteiger partial charge in [-0.2, -0.15) is 0 Å². The van der Waals surface area contributed by atoms with Gasteiger partial charge in [0.2, 0.25) is 10.0 Å². The van der Waals surface area contributed by atoms with Crippen molar-refractivity contribution in [3.05, 3.63) is 59.2 Å². The molecule has 3 rings (SSSR count). The summed E-state index contributed by atoms with van der Waals surface area (Å²) in [7, 11) is -3.34. The monoisotopic (exact) mass is 430 g/mol. The summed E-state index contributed by atoms with van der Waals surface area (Å²) < 4.78 is 30.5. The minimum absolute atomic E-state index is 0.299. The summed E-state index contributed by atoms with van der Waals surface area (Å²) >= 11 is 0. The van der Waals surface area contributed by atoms with E-state index < -0.39 is 10.0 Å². The first-order valence-corrected chi connectivity index (χ1v) is 11.8. The highest BCUT2D eigenvalue weighted by Crippen LogP contribution is 2.30. The van der Waals surface area contributed by atoms with E-state index >= 15 is 0 Å². The van der Waals surface area contributed by atoms with Crippen molar-refractivity contribution in [2.45, 2.75) is 32.6 Å². The number of aryl methyl sites for hydroxylation is 1. The number of hydrogen-bond donors (Lipinski definition) is 1. The Bertz CT molecular complexity index is 1030. The lowest BCUT2D eigenvalue weighted by Crippen LogP contribution is -2.34. The smallest absolute Gasteiger partial charge is 0.338 e. The second kappa shape index (κ2) is 9.30. The van der Waals surface area contributed by atoms with Crippen LogP contribution in [-0.4, -0.2) is 39.7 Å². The third kappa shape index (κ3) is 5.18. The van der Waals surface area contributed by atoms with Gasteiger partial charge in [0.05, 0.1) is 24.1 Å². The van der Waals surface area contributed by atoms with Crippen LogP contribution in [0.3, 0.4) is 0 Å². The molecule has 1 amide bonds. The van der Waals surface area contributed by atoms with Crippen LogP contribution >= 0.6 is 0 Å². The maximum atomic E-state index is 12.6. The summed E-state index contributed by atoms with van der Waals surface area (Å²) in [5.74, 6) is -0.681. The number of anilines is 2. The molecule has 0 spiro atoms. The minimum atomic E-state index is -3.34. The van der Waals surface area contributed by atoms with Crippen molar-refractivity contribution in [2.75, 3.05) is 29.0 Å². The molecule has 7 nitrogen and oxygen atoms in total. The van der Waals surface area contributed by atoms with Crippen LogP contribution in [0, 0.1) is 0 Å². The molecule has 0 bridgehead atoms. The average molecular weight is 431 g/mol. The maximum Gasteiger partial charge on any atom is 0.338 e. The van der Waals surface area contributed by atoms with Gasteiger partial charge in [0.1, 0.15) is 0 Å². The number of sulfonamides is 1. The molecular weight excluding hydrogens is 404 g/mol. The van der Waals surface area contributed by atoms with Gasteiger partial charge in [-0.25, -0.2) is 13.2 Å². The van der Waals surface area contributed by atoms with E-state index in [0.29, 0.717) is 42.1 Å². The summed E-state index contributed by atoms with van der Waals surface area (Å²) in [5, 5.41) is 2.80. The molecule has 30 heavy (non-hydrogen) atoms. The summed E-state index contributed by atoms with van der Waals surface area (Å²) in [6.45, 7) is 2.86. The number of esters is 1. The molecule has 2 aromatic rings. The average Bonchev–Trinajstić information content (AvgIpc) is 2.72. The maximum absolute atomic E-state index is 12.6. The van der Waals surface area contributed by atoms with Crippen LogP contribution in [0.4, 0.5) is 11.4 Å². The summed E-state index contributed by atoms with van der Waals surface area (Å²) in [6.07, 6.45) is 4.39. The molecule has 0 radical (unpaired) electrons. The van der Waals surface area contributed by atoms with Gasteiger partial charge < -0.3 is 10.1 Å². The summed E-state index contributed by atoms with van der Waals surface area (Å²) in [5.41, 5.74) is 2.90. The van der Waals surface area contributed by atoms with E-state index in [1.54, 1.807) is 42.5 Å². The Hall–Kier alpha value is -2.87. The topological polar surface area (TPSA) is 92.8 Å². The van der Waals surface area contributed by atoms with Crippen molar-refractivity contribution < 1.29 is 22.7 Å². The number of unbranched alkanes of at least 4 members (excludes halogenated alkanes) is 1. The zero-order valence-corrected chi connectivity index (χ0v) is 18.0. The largest absolute Gasteiger partial charge is 0.462 e.